The molecular formula is C9H14N2O2S. The molecule has 0 unspecified atom stereocenters. The normalized spacial score (nSPS) is 11.9. The molecule has 1 rings (SSSR count). The highest BCUT2D eigenvalue weighted by atomic mass is 32.2. The number of hydrogen-bond donors (Lipinski definition) is 1. The van der Waals surface area contributed by atoms with E-state index in [9.17, 15) is 8.42 Å². The van der Waals surface area contributed by atoms with Crippen molar-refractivity contribution in [2.24, 2.45) is 5.92 Å². The highest BCUT2D eigenvalue weighted by Crippen LogP contribution is 2.13. The molecule has 0 amide bonds. The first-order valence-corrected chi connectivity index (χ1v) is 6.01. The summed E-state index contributed by atoms with van der Waals surface area (Å²) in [4.78, 5) is 3.99. The number of rotatable bonds is 3. The Labute approximate surface area is 84.1 Å². The number of nitrogen functional groups attached to an aromatic ring is 1. The van der Waals surface area contributed by atoms with Crippen LogP contribution in [0.4, 0.5) is 5.82 Å². The maximum Gasteiger partial charge on any atom is 0.180 e. The Bertz CT molecular complexity index is 395. The van der Waals surface area contributed by atoms with Gasteiger partial charge in [0.1, 0.15) is 5.82 Å². The molecule has 0 aliphatic carbocycles. The van der Waals surface area contributed by atoms with Crippen LogP contribution in [0, 0.1) is 5.92 Å². The molecule has 0 aliphatic rings. The van der Waals surface area contributed by atoms with E-state index in [-0.39, 0.29) is 16.6 Å². The SMILES string of the molecule is CC(C)CS(=O)(=O)c1ccc(N)nc1. The second-order valence-electron chi connectivity index (χ2n) is 3.59. The predicted octanol–water partition coefficient (Wildman–Crippen LogP) is 1.09. The van der Waals surface area contributed by atoms with Crippen LogP contribution in [0.2, 0.25) is 0 Å². The Kier molecular flexibility index (Phi) is 3.10. The quantitative estimate of drug-likeness (QED) is 0.817. The van der Waals surface area contributed by atoms with Gasteiger partial charge in [-0.2, -0.15) is 0 Å². The number of aromatic nitrogens is 1. The first-order chi connectivity index (χ1) is 6.42. The lowest BCUT2D eigenvalue weighted by Crippen LogP contribution is -2.12. The maximum absolute atomic E-state index is 11.7. The third-order valence-electron chi connectivity index (χ3n) is 1.67. The van der Waals surface area contributed by atoms with E-state index in [4.69, 9.17) is 5.73 Å². The van der Waals surface area contributed by atoms with Gasteiger partial charge >= 0.3 is 0 Å². The van der Waals surface area contributed by atoms with Gasteiger partial charge in [-0.25, -0.2) is 13.4 Å². The van der Waals surface area contributed by atoms with Crippen LogP contribution >= 0.6 is 0 Å². The van der Waals surface area contributed by atoms with E-state index in [2.05, 4.69) is 4.98 Å². The fraction of sp³-hybridized carbons (Fsp3) is 0.444. The lowest BCUT2D eigenvalue weighted by Gasteiger charge is -2.06. The van der Waals surface area contributed by atoms with Crippen LogP contribution in [0.5, 0.6) is 0 Å². The number of nitrogens with zero attached hydrogens (tertiary/aromatic N) is 1. The molecule has 0 spiro atoms. The molecule has 0 atom stereocenters. The van der Waals surface area contributed by atoms with Crippen molar-refractivity contribution < 1.29 is 8.42 Å². The minimum absolute atomic E-state index is 0.109. The van der Waals surface area contributed by atoms with Gasteiger partial charge in [-0.05, 0) is 18.1 Å². The molecule has 0 saturated heterocycles. The monoisotopic (exact) mass is 214 g/mol. The minimum atomic E-state index is -3.19. The average molecular weight is 214 g/mol. The molecule has 2 N–H and O–H groups in total. The maximum atomic E-state index is 11.7. The van der Waals surface area contributed by atoms with Gasteiger partial charge < -0.3 is 5.73 Å². The molecule has 0 saturated carbocycles. The minimum Gasteiger partial charge on any atom is -0.384 e. The van der Waals surface area contributed by atoms with Gasteiger partial charge in [-0.3, -0.25) is 0 Å². The third kappa shape index (κ3) is 2.70. The molecule has 1 aromatic rings. The number of anilines is 1. The van der Waals surface area contributed by atoms with Gasteiger partial charge in [0.2, 0.25) is 0 Å². The van der Waals surface area contributed by atoms with Gasteiger partial charge in [-0.15, -0.1) is 0 Å². The first-order valence-electron chi connectivity index (χ1n) is 4.36. The molecule has 5 heteroatoms. The molecule has 0 aromatic carbocycles. The van der Waals surface area contributed by atoms with Crippen LogP contribution < -0.4 is 5.73 Å². The number of sulfone groups is 1. The zero-order chi connectivity index (χ0) is 10.8. The summed E-state index contributed by atoms with van der Waals surface area (Å²) in [7, 11) is -3.19. The van der Waals surface area contributed by atoms with Crippen molar-refractivity contribution in [1.82, 2.24) is 4.98 Å². The van der Waals surface area contributed by atoms with Gasteiger partial charge in [0, 0.05) is 6.20 Å². The number of hydrogen-bond acceptors (Lipinski definition) is 4. The molecule has 1 aromatic heterocycles. The molecule has 14 heavy (non-hydrogen) atoms. The second kappa shape index (κ2) is 3.96. The molecule has 4 nitrogen and oxygen atoms in total. The molecular weight excluding hydrogens is 200 g/mol. The molecule has 78 valence electrons. The van der Waals surface area contributed by atoms with Crippen LogP contribution in [0.25, 0.3) is 0 Å². The number of nitrogens with two attached hydrogens (primary N) is 1. The first kappa shape index (κ1) is 11.0. The Morgan fingerprint density at radius 2 is 2.07 bits per heavy atom. The van der Waals surface area contributed by atoms with E-state index in [1.165, 1.54) is 18.3 Å². The Balaban J connectivity index is 2.99. The van der Waals surface area contributed by atoms with Crippen LogP contribution in [-0.4, -0.2) is 19.2 Å². The van der Waals surface area contributed by atoms with E-state index >= 15 is 0 Å². The zero-order valence-corrected chi connectivity index (χ0v) is 9.08. The van der Waals surface area contributed by atoms with Crippen molar-refractivity contribution in [1.29, 1.82) is 0 Å². The second-order valence-corrected chi connectivity index (χ2v) is 5.63. The largest absolute Gasteiger partial charge is 0.384 e. The Morgan fingerprint density at radius 3 is 2.50 bits per heavy atom. The van der Waals surface area contributed by atoms with Gasteiger partial charge in [0.25, 0.3) is 0 Å². The summed E-state index contributed by atoms with van der Waals surface area (Å²) in [6, 6.07) is 2.98. The van der Waals surface area contributed by atoms with Crippen LogP contribution in [-0.2, 0) is 9.84 Å². The van der Waals surface area contributed by atoms with Crippen molar-refractivity contribution in [2.75, 3.05) is 11.5 Å². The van der Waals surface area contributed by atoms with Crippen molar-refractivity contribution in [3.05, 3.63) is 18.3 Å². The van der Waals surface area contributed by atoms with Crippen molar-refractivity contribution in [3.63, 3.8) is 0 Å². The van der Waals surface area contributed by atoms with Crippen LogP contribution in [0.15, 0.2) is 23.2 Å². The summed E-state index contributed by atoms with van der Waals surface area (Å²) in [6.45, 7) is 3.73. The summed E-state index contributed by atoms with van der Waals surface area (Å²) in [5, 5.41) is 0. The third-order valence-corrected chi connectivity index (χ3v) is 3.74. The van der Waals surface area contributed by atoms with Crippen LogP contribution in [0.3, 0.4) is 0 Å². The highest BCUT2D eigenvalue weighted by Gasteiger charge is 2.16. The molecule has 1 heterocycles. The van der Waals surface area contributed by atoms with E-state index in [0.29, 0.717) is 5.82 Å². The molecule has 0 radical (unpaired) electrons. The van der Waals surface area contributed by atoms with Gasteiger partial charge in [0.15, 0.2) is 9.84 Å². The van der Waals surface area contributed by atoms with E-state index in [0.717, 1.165) is 0 Å². The van der Waals surface area contributed by atoms with E-state index < -0.39 is 9.84 Å². The lowest BCUT2D eigenvalue weighted by atomic mass is 10.3. The topological polar surface area (TPSA) is 73.0 Å². The van der Waals surface area contributed by atoms with Crippen LogP contribution in [0.1, 0.15) is 13.8 Å². The van der Waals surface area contributed by atoms with Crippen molar-refractivity contribution in [3.8, 4) is 0 Å². The highest BCUT2D eigenvalue weighted by molar-refractivity contribution is 7.91. The fourth-order valence-electron chi connectivity index (χ4n) is 1.11. The summed E-state index contributed by atoms with van der Waals surface area (Å²) in [5.41, 5.74) is 5.37. The summed E-state index contributed by atoms with van der Waals surface area (Å²) in [6.07, 6.45) is 1.30. The summed E-state index contributed by atoms with van der Waals surface area (Å²) >= 11 is 0. The predicted molar refractivity (Wildman–Crippen MR) is 55.5 cm³/mol. The standard InChI is InChI=1S/C9H14N2O2S/c1-7(2)6-14(12,13)8-3-4-9(10)11-5-8/h3-5,7H,6H2,1-2H3,(H2,10,11). The zero-order valence-electron chi connectivity index (χ0n) is 8.27. The van der Waals surface area contributed by atoms with Crippen molar-refractivity contribution in [2.45, 2.75) is 18.7 Å². The Morgan fingerprint density at radius 1 is 1.43 bits per heavy atom. The Hall–Kier alpha value is -1.10. The van der Waals surface area contributed by atoms with Gasteiger partial charge in [-0.1, -0.05) is 13.8 Å². The summed E-state index contributed by atoms with van der Waals surface area (Å²) in [5.74, 6) is 0.574. The lowest BCUT2D eigenvalue weighted by molar-refractivity contribution is 0.582. The summed E-state index contributed by atoms with van der Waals surface area (Å²) < 4.78 is 23.3. The number of pyridine rings is 1. The van der Waals surface area contributed by atoms with E-state index in [1.807, 2.05) is 13.8 Å². The van der Waals surface area contributed by atoms with Gasteiger partial charge in [0.05, 0.1) is 10.6 Å². The smallest absolute Gasteiger partial charge is 0.180 e. The average Bonchev–Trinajstić information content (AvgIpc) is 2.02. The fourth-order valence-corrected chi connectivity index (χ4v) is 2.67. The van der Waals surface area contributed by atoms with E-state index in [1.54, 1.807) is 0 Å². The molecule has 0 aliphatic heterocycles. The molecule has 0 fully saturated rings. The van der Waals surface area contributed by atoms with Crippen molar-refractivity contribution >= 4 is 15.7 Å². The molecule has 0 bridgehead atoms.